The van der Waals surface area contributed by atoms with Crippen LogP contribution < -0.4 is 5.73 Å². The van der Waals surface area contributed by atoms with Gasteiger partial charge in [0, 0.05) is 12.5 Å². The number of halogens is 1. The van der Waals surface area contributed by atoms with Gasteiger partial charge in [-0.1, -0.05) is 24.6 Å². The number of aliphatic hydroxyl groups is 1. The van der Waals surface area contributed by atoms with Crippen molar-refractivity contribution in [1.29, 1.82) is 0 Å². The first kappa shape index (κ1) is 18.6. The van der Waals surface area contributed by atoms with Gasteiger partial charge in [0.2, 0.25) is 5.95 Å². The lowest BCUT2D eigenvalue weighted by Crippen LogP contribution is -2.21. The van der Waals surface area contributed by atoms with E-state index in [1.165, 1.54) is 0 Å². The van der Waals surface area contributed by atoms with E-state index in [9.17, 15) is 0 Å². The number of nitrogens with two attached hydrogens (primary N) is 1. The summed E-state index contributed by atoms with van der Waals surface area (Å²) < 4.78 is 6.60. The standard InChI is InChI=1S/C11H14ClN5.C5H10O2/c1-3-4-5-7(2)10-15-9(12)8-6-14-11(13)16-17(8)10;6-5-2-1-3-7-4-5/h3,6-7H,1,4-5H2,2H3,(H2,13,16);5-6H,1-4H2. The number of nitrogen functional groups attached to an aromatic ring is 1. The number of ether oxygens (including phenoxy) is 1. The van der Waals surface area contributed by atoms with Crippen molar-refractivity contribution >= 4 is 23.1 Å². The van der Waals surface area contributed by atoms with Crippen molar-refractivity contribution in [3.05, 3.63) is 29.8 Å². The number of allylic oxidation sites excluding steroid dienone is 1. The molecule has 0 bridgehead atoms. The number of hydrogen-bond donors (Lipinski definition) is 2. The summed E-state index contributed by atoms with van der Waals surface area (Å²) in [5, 5.41) is 13.3. The van der Waals surface area contributed by atoms with Crippen LogP contribution in [-0.4, -0.2) is 44.0 Å². The van der Waals surface area contributed by atoms with Gasteiger partial charge in [0.15, 0.2) is 5.15 Å². The van der Waals surface area contributed by atoms with Crippen molar-refractivity contribution < 1.29 is 9.84 Å². The summed E-state index contributed by atoms with van der Waals surface area (Å²) >= 11 is 6.04. The van der Waals surface area contributed by atoms with Crippen molar-refractivity contribution in [2.45, 2.75) is 44.6 Å². The molecule has 3 N–H and O–H groups in total. The minimum atomic E-state index is -0.186. The van der Waals surface area contributed by atoms with Crippen LogP contribution in [0.1, 0.15) is 44.3 Å². The Bertz CT molecular complexity index is 670. The summed E-state index contributed by atoms with van der Waals surface area (Å²) in [7, 11) is 0. The Balaban J connectivity index is 0.000000249. The predicted octanol–water partition coefficient (Wildman–Crippen LogP) is 2.59. The monoisotopic (exact) mass is 353 g/mol. The molecule has 2 aromatic rings. The van der Waals surface area contributed by atoms with E-state index < -0.39 is 0 Å². The molecule has 7 nitrogen and oxygen atoms in total. The summed E-state index contributed by atoms with van der Waals surface area (Å²) in [6.45, 7) is 7.16. The maximum absolute atomic E-state index is 8.78. The van der Waals surface area contributed by atoms with Crippen LogP contribution in [0.25, 0.3) is 5.52 Å². The first-order chi connectivity index (χ1) is 11.5. The highest BCUT2D eigenvalue weighted by molar-refractivity contribution is 6.32. The first-order valence-corrected chi connectivity index (χ1v) is 8.44. The second-order valence-electron chi connectivity index (χ2n) is 5.81. The van der Waals surface area contributed by atoms with Crippen LogP contribution in [0.15, 0.2) is 18.9 Å². The molecular weight excluding hydrogens is 330 g/mol. The quantitative estimate of drug-likeness (QED) is 0.820. The molecular formula is C16H24ClN5O2. The molecule has 0 amide bonds. The fraction of sp³-hybridized carbons (Fsp3) is 0.562. The molecule has 0 radical (unpaired) electrons. The molecule has 0 aliphatic carbocycles. The fourth-order valence-corrected chi connectivity index (χ4v) is 2.64. The molecule has 1 aliphatic rings. The van der Waals surface area contributed by atoms with Gasteiger partial charge in [-0.2, -0.15) is 0 Å². The van der Waals surface area contributed by atoms with Crippen LogP contribution in [0.2, 0.25) is 5.15 Å². The van der Waals surface area contributed by atoms with E-state index >= 15 is 0 Å². The number of nitrogens with zero attached hydrogens (tertiary/aromatic N) is 4. The lowest BCUT2D eigenvalue weighted by Gasteiger charge is -2.15. The molecule has 0 saturated carbocycles. The maximum atomic E-state index is 8.78. The van der Waals surface area contributed by atoms with E-state index in [1.807, 2.05) is 6.08 Å². The number of rotatable bonds is 4. The topological polar surface area (TPSA) is 98.6 Å². The van der Waals surface area contributed by atoms with Gasteiger partial charge in [0.1, 0.15) is 11.3 Å². The van der Waals surface area contributed by atoms with Crippen LogP contribution >= 0.6 is 11.6 Å². The SMILES string of the molecule is C=CCCC(C)c1nc(Cl)c2cnc(N)nn12.OC1CCCOC1. The zero-order chi connectivity index (χ0) is 17.5. The Morgan fingerprint density at radius 2 is 2.42 bits per heavy atom. The molecule has 8 heteroatoms. The highest BCUT2D eigenvalue weighted by atomic mass is 35.5. The fourth-order valence-electron chi connectivity index (χ4n) is 2.42. The lowest BCUT2D eigenvalue weighted by molar-refractivity contribution is -0.00535. The molecule has 2 atom stereocenters. The van der Waals surface area contributed by atoms with Crippen molar-refractivity contribution in [1.82, 2.24) is 19.6 Å². The molecule has 132 valence electrons. The molecule has 1 aliphatic heterocycles. The predicted molar refractivity (Wildman–Crippen MR) is 94.1 cm³/mol. The van der Waals surface area contributed by atoms with Crippen molar-refractivity contribution in [2.24, 2.45) is 0 Å². The zero-order valence-electron chi connectivity index (χ0n) is 13.9. The molecule has 2 aromatic heterocycles. The van der Waals surface area contributed by atoms with E-state index in [1.54, 1.807) is 10.7 Å². The van der Waals surface area contributed by atoms with Gasteiger partial charge in [0.25, 0.3) is 0 Å². The first-order valence-electron chi connectivity index (χ1n) is 8.06. The average Bonchev–Trinajstić information content (AvgIpc) is 2.90. The normalized spacial score (nSPS) is 18.7. The van der Waals surface area contributed by atoms with Gasteiger partial charge < -0.3 is 15.6 Å². The minimum Gasteiger partial charge on any atom is -0.391 e. The number of anilines is 1. The number of fused-ring (bicyclic) bond motifs is 1. The second-order valence-corrected chi connectivity index (χ2v) is 6.17. The Labute approximate surface area is 146 Å². The molecule has 3 rings (SSSR count). The number of aliphatic hydroxyl groups excluding tert-OH is 1. The van der Waals surface area contributed by atoms with Gasteiger partial charge in [-0.25, -0.2) is 14.5 Å². The number of imidazole rings is 1. The Morgan fingerprint density at radius 3 is 3.00 bits per heavy atom. The van der Waals surface area contributed by atoms with Gasteiger partial charge >= 0.3 is 0 Å². The van der Waals surface area contributed by atoms with Gasteiger partial charge in [0.05, 0.1) is 18.9 Å². The van der Waals surface area contributed by atoms with Gasteiger partial charge in [-0.15, -0.1) is 11.7 Å². The van der Waals surface area contributed by atoms with E-state index in [0.717, 1.165) is 38.1 Å². The maximum Gasteiger partial charge on any atom is 0.238 e. The van der Waals surface area contributed by atoms with Crippen LogP contribution in [0.5, 0.6) is 0 Å². The lowest BCUT2D eigenvalue weighted by atomic mass is 10.1. The van der Waals surface area contributed by atoms with Crippen LogP contribution in [0.4, 0.5) is 5.95 Å². The highest BCUT2D eigenvalue weighted by Crippen LogP contribution is 2.25. The largest absolute Gasteiger partial charge is 0.391 e. The molecule has 0 aromatic carbocycles. The van der Waals surface area contributed by atoms with Crippen molar-refractivity contribution in [3.8, 4) is 0 Å². The molecule has 1 fully saturated rings. The third-order valence-electron chi connectivity index (χ3n) is 3.77. The Morgan fingerprint density at radius 1 is 1.62 bits per heavy atom. The van der Waals surface area contributed by atoms with Crippen molar-refractivity contribution in [3.63, 3.8) is 0 Å². The average molecular weight is 354 g/mol. The zero-order valence-corrected chi connectivity index (χ0v) is 14.6. The van der Waals surface area contributed by atoms with Crippen LogP contribution in [-0.2, 0) is 4.74 Å². The van der Waals surface area contributed by atoms with E-state index in [2.05, 4.69) is 28.6 Å². The number of aromatic nitrogens is 4. The van der Waals surface area contributed by atoms with Crippen LogP contribution in [0, 0.1) is 0 Å². The summed E-state index contributed by atoms with van der Waals surface area (Å²) in [5.41, 5.74) is 6.25. The molecule has 2 unspecified atom stereocenters. The van der Waals surface area contributed by atoms with E-state index in [0.29, 0.717) is 17.3 Å². The summed E-state index contributed by atoms with van der Waals surface area (Å²) in [5.74, 6) is 1.26. The third-order valence-corrected chi connectivity index (χ3v) is 4.05. The van der Waals surface area contributed by atoms with Crippen molar-refractivity contribution in [2.75, 3.05) is 18.9 Å². The van der Waals surface area contributed by atoms with Gasteiger partial charge in [-0.05, 0) is 25.7 Å². The smallest absolute Gasteiger partial charge is 0.238 e. The number of hydrogen-bond acceptors (Lipinski definition) is 6. The van der Waals surface area contributed by atoms with Gasteiger partial charge in [-0.3, -0.25) is 0 Å². The third kappa shape index (κ3) is 4.90. The molecule has 24 heavy (non-hydrogen) atoms. The summed E-state index contributed by atoms with van der Waals surface area (Å²) in [6.07, 6.45) is 7.09. The minimum absolute atomic E-state index is 0.186. The summed E-state index contributed by atoms with van der Waals surface area (Å²) in [4.78, 5) is 8.23. The second kappa shape index (κ2) is 8.96. The molecule has 1 saturated heterocycles. The van der Waals surface area contributed by atoms with Crippen LogP contribution in [0.3, 0.4) is 0 Å². The molecule has 0 spiro atoms. The highest BCUT2D eigenvalue weighted by Gasteiger charge is 2.16. The Hall–Kier alpha value is -1.70. The Kier molecular flexibility index (Phi) is 6.96. The van der Waals surface area contributed by atoms with E-state index in [-0.39, 0.29) is 18.0 Å². The molecule has 3 heterocycles. The summed E-state index contributed by atoms with van der Waals surface area (Å²) in [6, 6.07) is 0. The van der Waals surface area contributed by atoms with E-state index in [4.69, 9.17) is 27.2 Å².